The highest BCUT2D eigenvalue weighted by Crippen LogP contribution is 2.19. The van der Waals surface area contributed by atoms with Crippen LogP contribution in [0.15, 0.2) is 47.4 Å². The van der Waals surface area contributed by atoms with E-state index in [0.717, 1.165) is 17.3 Å². The van der Waals surface area contributed by atoms with Gasteiger partial charge in [-0.05, 0) is 43.7 Å². The number of para-hydroxylation sites is 2. The monoisotopic (exact) mass is 357 g/mol. The largest absolute Gasteiger partial charge is 0.342 e. The number of rotatable bonds is 4. The van der Waals surface area contributed by atoms with Crippen LogP contribution in [-0.2, 0) is 9.84 Å². The number of amides is 1. The number of imidazole rings is 1. The number of carbonyl (C=O) groups is 1. The fourth-order valence-corrected chi connectivity index (χ4v) is 3.24. The van der Waals surface area contributed by atoms with Crippen molar-refractivity contribution in [2.45, 2.75) is 24.8 Å². The Bertz CT molecular complexity index is 1020. The summed E-state index contributed by atoms with van der Waals surface area (Å²) in [5.41, 5.74) is 2.77. The Hall–Kier alpha value is -2.67. The zero-order valence-electron chi connectivity index (χ0n) is 14.2. The standard InChI is InChI=1S/C18H19N3O3S/c1-11-8-9-13(25(3,23)24)10-14(11)18(22)19-12(2)17-20-15-6-4-5-7-16(15)21-17/h4-10,12H,1-3H3,(H,19,22)(H,20,21). The minimum absolute atomic E-state index is 0.125. The van der Waals surface area contributed by atoms with Crippen molar-refractivity contribution in [3.8, 4) is 0 Å². The molecule has 0 fully saturated rings. The molecule has 1 unspecified atom stereocenters. The van der Waals surface area contributed by atoms with Gasteiger partial charge in [0.1, 0.15) is 5.82 Å². The maximum absolute atomic E-state index is 12.6. The van der Waals surface area contributed by atoms with Crippen LogP contribution in [0.4, 0.5) is 0 Å². The van der Waals surface area contributed by atoms with Gasteiger partial charge >= 0.3 is 0 Å². The zero-order chi connectivity index (χ0) is 18.2. The number of aryl methyl sites for hydroxylation is 1. The normalized spacial score (nSPS) is 12.9. The maximum atomic E-state index is 12.6. The Morgan fingerprint density at radius 2 is 1.92 bits per heavy atom. The topological polar surface area (TPSA) is 91.9 Å². The Labute approximate surface area is 146 Å². The number of nitrogens with zero attached hydrogens (tertiary/aromatic N) is 1. The molecule has 1 heterocycles. The quantitative estimate of drug-likeness (QED) is 0.751. The SMILES string of the molecule is Cc1ccc(S(C)(=O)=O)cc1C(=O)NC(C)c1nc2ccccc2[nH]1. The van der Waals surface area contributed by atoms with E-state index in [-0.39, 0.29) is 16.8 Å². The van der Waals surface area contributed by atoms with Gasteiger partial charge in [-0.1, -0.05) is 18.2 Å². The summed E-state index contributed by atoms with van der Waals surface area (Å²) in [4.78, 5) is 20.4. The van der Waals surface area contributed by atoms with Crippen molar-refractivity contribution in [3.05, 3.63) is 59.4 Å². The molecular weight excluding hydrogens is 338 g/mol. The van der Waals surface area contributed by atoms with Crippen molar-refractivity contribution in [1.29, 1.82) is 0 Å². The molecule has 0 saturated heterocycles. The second kappa shape index (κ2) is 6.33. The van der Waals surface area contributed by atoms with Crippen LogP contribution in [0.5, 0.6) is 0 Å². The fourth-order valence-electron chi connectivity index (χ4n) is 2.60. The molecule has 0 spiro atoms. The smallest absolute Gasteiger partial charge is 0.252 e. The van der Waals surface area contributed by atoms with Gasteiger partial charge in [-0.3, -0.25) is 4.79 Å². The molecule has 1 aromatic heterocycles. The highest BCUT2D eigenvalue weighted by molar-refractivity contribution is 7.90. The second-order valence-electron chi connectivity index (χ2n) is 6.08. The molecule has 0 aliphatic rings. The Morgan fingerprint density at radius 1 is 1.20 bits per heavy atom. The molecular formula is C18H19N3O3S. The van der Waals surface area contributed by atoms with Crippen LogP contribution < -0.4 is 5.32 Å². The van der Waals surface area contributed by atoms with E-state index in [9.17, 15) is 13.2 Å². The third kappa shape index (κ3) is 3.56. The van der Waals surface area contributed by atoms with Gasteiger partial charge in [-0.15, -0.1) is 0 Å². The van der Waals surface area contributed by atoms with Gasteiger partial charge in [0.25, 0.3) is 5.91 Å². The first kappa shape index (κ1) is 17.2. The summed E-state index contributed by atoms with van der Waals surface area (Å²) in [5, 5.41) is 2.87. The summed E-state index contributed by atoms with van der Waals surface area (Å²) >= 11 is 0. The third-order valence-electron chi connectivity index (χ3n) is 4.05. The molecule has 25 heavy (non-hydrogen) atoms. The predicted molar refractivity (Wildman–Crippen MR) is 96.3 cm³/mol. The minimum Gasteiger partial charge on any atom is -0.342 e. The first-order chi connectivity index (χ1) is 11.8. The van der Waals surface area contributed by atoms with E-state index in [0.29, 0.717) is 17.0 Å². The fraction of sp³-hybridized carbons (Fsp3) is 0.222. The molecule has 7 heteroatoms. The molecule has 0 aliphatic carbocycles. The minimum atomic E-state index is -3.37. The number of sulfone groups is 1. The van der Waals surface area contributed by atoms with Crippen LogP contribution in [0.2, 0.25) is 0 Å². The number of fused-ring (bicyclic) bond motifs is 1. The van der Waals surface area contributed by atoms with Crippen LogP contribution in [0.1, 0.15) is 34.7 Å². The highest BCUT2D eigenvalue weighted by Gasteiger charge is 2.18. The van der Waals surface area contributed by atoms with E-state index in [2.05, 4.69) is 15.3 Å². The summed E-state index contributed by atoms with van der Waals surface area (Å²) in [7, 11) is -3.37. The van der Waals surface area contributed by atoms with Crippen LogP contribution in [0.3, 0.4) is 0 Å². The number of hydrogen-bond acceptors (Lipinski definition) is 4. The molecule has 0 aliphatic heterocycles. The van der Waals surface area contributed by atoms with Crippen LogP contribution in [-0.4, -0.2) is 30.5 Å². The molecule has 0 saturated carbocycles. The van der Waals surface area contributed by atoms with Crippen molar-refractivity contribution >= 4 is 26.8 Å². The van der Waals surface area contributed by atoms with E-state index in [1.807, 2.05) is 31.2 Å². The number of H-pyrrole nitrogens is 1. The maximum Gasteiger partial charge on any atom is 0.252 e. The third-order valence-corrected chi connectivity index (χ3v) is 5.16. The lowest BCUT2D eigenvalue weighted by Gasteiger charge is -2.13. The zero-order valence-corrected chi connectivity index (χ0v) is 15.0. The number of aromatic amines is 1. The van der Waals surface area contributed by atoms with Gasteiger partial charge < -0.3 is 10.3 Å². The Morgan fingerprint density at radius 3 is 2.60 bits per heavy atom. The van der Waals surface area contributed by atoms with Crippen LogP contribution in [0, 0.1) is 6.92 Å². The van der Waals surface area contributed by atoms with Gasteiger partial charge in [0.2, 0.25) is 0 Å². The molecule has 2 N–H and O–H groups in total. The Balaban J connectivity index is 1.86. The lowest BCUT2D eigenvalue weighted by Crippen LogP contribution is -2.28. The second-order valence-corrected chi connectivity index (χ2v) is 8.10. The van der Waals surface area contributed by atoms with E-state index in [1.165, 1.54) is 12.1 Å². The number of nitrogens with one attached hydrogen (secondary N) is 2. The molecule has 1 amide bonds. The average Bonchev–Trinajstić information content (AvgIpc) is 2.98. The molecule has 3 aromatic rings. The van der Waals surface area contributed by atoms with Crippen molar-refractivity contribution in [1.82, 2.24) is 15.3 Å². The van der Waals surface area contributed by atoms with Crippen LogP contribution in [0.25, 0.3) is 11.0 Å². The first-order valence-electron chi connectivity index (χ1n) is 7.82. The van der Waals surface area contributed by atoms with E-state index < -0.39 is 9.84 Å². The highest BCUT2D eigenvalue weighted by atomic mass is 32.2. The molecule has 130 valence electrons. The van der Waals surface area contributed by atoms with Crippen molar-refractivity contribution < 1.29 is 13.2 Å². The molecule has 0 bridgehead atoms. The summed E-state index contributed by atoms with van der Waals surface area (Å²) in [6, 6.07) is 11.8. The molecule has 1 atom stereocenters. The van der Waals surface area contributed by atoms with E-state index in [4.69, 9.17) is 0 Å². The number of aromatic nitrogens is 2. The van der Waals surface area contributed by atoms with Crippen molar-refractivity contribution in [2.24, 2.45) is 0 Å². The summed E-state index contributed by atoms with van der Waals surface area (Å²) < 4.78 is 23.4. The van der Waals surface area contributed by atoms with Gasteiger partial charge in [0, 0.05) is 11.8 Å². The number of hydrogen-bond donors (Lipinski definition) is 2. The summed E-state index contributed by atoms with van der Waals surface area (Å²) in [6.07, 6.45) is 1.12. The van der Waals surface area contributed by atoms with Crippen LogP contribution >= 0.6 is 0 Å². The number of benzene rings is 2. The molecule has 6 nitrogen and oxygen atoms in total. The average molecular weight is 357 g/mol. The summed E-state index contributed by atoms with van der Waals surface area (Å²) in [5.74, 6) is 0.308. The lowest BCUT2D eigenvalue weighted by atomic mass is 10.1. The van der Waals surface area contributed by atoms with Gasteiger partial charge in [0.05, 0.1) is 22.0 Å². The van der Waals surface area contributed by atoms with Gasteiger partial charge in [0.15, 0.2) is 9.84 Å². The molecule has 2 aromatic carbocycles. The lowest BCUT2D eigenvalue weighted by molar-refractivity contribution is 0.0937. The van der Waals surface area contributed by atoms with E-state index in [1.54, 1.807) is 13.0 Å². The van der Waals surface area contributed by atoms with Crippen molar-refractivity contribution in [3.63, 3.8) is 0 Å². The molecule has 3 rings (SSSR count). The van der Waals surface area contributed by atoms with Gasteiger partial charge in [-0.2, -0.15) is 0 Å². The first-order valence-corrected chi connectivity index (χ1v) is 9.71. The Kier molecular flexibility index (Phi) is 4.34. The molecule has 0 radical (unpaired) electrons. The number of carbonyl (C=O) groups excluding carboxylic acids is 1. The van der Waals surface area contributed by atoms with E-state index >= 15 is 0 Å². The van der Waals surface area contributed by atoms with Crippen molar-refractivity contribution in [2.75, 3.05) is 6.26 Å². The predicted octanol–water partition coefficient (Wildman–Crippen LogP) is 2.77. The summed E-state index contributed by atoms with van der Waals surface area (Å²) in [6.45, 7) is 3.60. The van der Waals surface area contributed by atoms with Gasteiger partial charge in [-0.25, -0.2) is 13.4 Å².